The third-order valence-corrected chi connectivity index (χ3v) is 4.27. The summed E-state index contributed by atoms with van der Waals surface area (Å²) >= 11 is 0. The van der Waals surface area contributed by atoms with Crippen molar-refractivity contribution >= 4 is 0 Å². The lowest BCUT2D eigenvalue weighted by Gasteiger charge is -2.40. The number of nitrogens with zero attached hydrogens (tertiary/aromatic N) is 1. The summed E-state index contributed by atoms with van der Waals surface area (Å²) in [6, 6.07) is 0. The van der Waals surface area contributed by atoms with Crippen LogP contribution in [0.5, 0.6) is 0 Å². The molecule has 0 bridgehead atoms. The Bertz CT molecular complexity index is 208. The number of likely N-dealkylation sites (tertiary alicyclic amines) is 1. The second-order valence-electron chi connectivity index (χ2n) is 5.77. The van der Waals surface area contributed by atoms with Crippen LogP contribution < -0.4 is 5.32 Å². The fourth-order valence-electron chi connectivity index (χ4n) is 3.50. The van der Waals surface area contributed by atoms with E-state index in [4.69, 9.17) is 0 Å². The molecule has 1 heterocycles. The molecular weight excluding hydrogens is 200 g/mol. The lowest BCUT2D eigenvalue weighted by Crippen LogP contribution is -2.44. The Morgan fingerprint density at radius 1 is 1.31 bits per heavy atom. The molecule has 0 radical (unpaired) electrons. The van der Waals surface area contributed by atoms with Crippen molar-refractivity contribution in [3.8, 4) is 0 Å². The molecule has 2 aliphatic rings. The van der Waals surface area contributed by atoms with Gasteiger partial charge in [-0.1, -0.05) is 19.3 Å². The van der Waals surface area contributed by atoms with Gasteiger partial charge >= 0.3 is 0 Å². The smallest absolute Gasteiger partial charge is 0.0679 e. The largest absolute Gasteiger partial charge is 0.392 e. The first-order valence-corrected chi connectivity index (χ1v) is 6.79. The van der Waals surface area contributed by atoms with Gasteiger partial charge in [0, 0.05) is 26.2 Å². The minimum Gasteiger partial charge on any atom is -0.392 e. The van der Waals surface area contributed by atoms with E-state index < -0.39 is 0 Å². The van der Waals surface area contributed by atoms with Gasteiger partial charge in [0.05, 0.1) is 6.10 Å². The molecule has 0 amide bonds. The lowest BCUT2D eigenvalue weighted by atomic mass is 9.73. The Labute approximate surface area is 99.2 Å². The zero-order chi connectivity index (χ0) is 11.4. The highest BCUT2D eigenvalue weighted by Crippen LogP contribution is 2.37. The second-order valence-corrected chi connectivity index (χ2v) is 5.77. The van der Waals surface area contributed by atoms with Gasteiger partial charge in [0.25, 0.3) is 0 Å². The predicted molar refractivity (Wildman–Crippen MR) is 66.5 cm³/mol. The van der Waals surface area contributed by atoms with Crippen LogP contribution in [0.25, 0.3) is 0 Å². The van der Waals surface area contributed by atoms with E-state index in [1.165, 1.54) is 38.6 Å². The van der Waals surface area contributed by atoms with Crippen LogP contribution in [-0.2, 0) is 0 Å². The molecule has 16 heavy (non-hydrogen) atoms. The summed E-state index contributed by atoms with van der Waals surface area (Å²) < 4.78 is 0. The van der Waals surface area contributed by atoms with Crippen LogP contribution in [0.15, 0.2) is 0 Å². The van der Waals surface area contributed by atoms with E-state index in [1.807, 2.05) is 0 Å². The number of hydrogen-bond acceptors (Lipinski definition) is 3. The molecule has 0 spiro atoms. The van der Waals surface area contributed by atoms with Crippen LogP contribution in [0, 0.1) is 5.41 Å². The Morgan fingerprint density at radius 3 is 2.62 bits per heavy atom. The van der Waals surface area contributed by atoms with Gasteiger partial charge in [-0.3, -0.25) is 0 Å². The molecular formula is C13H26N2O. The molecule has 1 aliphatic heterocycles. The maximum atomic E-state index is 9.59. The number of hydrogen-bond donors (Lipinski definition) is 2. The highest BCUT2D eigenvalue weighted by molar-refractivity contribution is 4.89. The third kappa shape index (κ3) is 2.96. The Kier molecular flexibility index (Phi) is 4.22. The molecule has 3 nitrogen and oxygen atoms in total. The fourth-order valence-corrected chi connectivity index (χ4v) is 3.50. The summed E-state index contributed by atoms with van der Waals surface area (Å²) in [5.74, 6) is 0. The van der Waals surface area contributed by atoms with Crippen molar-refractivity contribution in [1.29, 1.82) is 0 Å². The van der Waals surface area contributed by atoms with Gasteiger partial charge < -0.3 is 15.3 Å². The predicted octanol–water partition coefficient (Wildman–Crippen LogP) is 1.22. The van der Waals surface area contributed by atoms with E-state index in [0.717, 1.165) is 26.1 Å². The van der Waals surface area contributed by atoms with Gasteiger partial charge in [-0.2, -0.15) is 0 Å². The Balaban J connectivity index is 1.91. The van der Waals surface area contributed by atoms with Crippen LogP contribution in [0.1, 0.15) is 38.5 Å². The van der Waals surface area contributed by atoms with Crippen molar-refractivity contribution in [2.24, 2.45) is 5.41 Å². The molecule has 1 saturated heterocycles. The molecule has 0 aromatic heterocycles. The molecule has 1 atom stereocenters. The summed E-state index contributed by atoms with van der Waals surface area (Å²) in [4.78, 5) is 2.47. The van der Waals surface area contributed by atoms with E-state index in [2.05, 4.69) is 17.3 Å². The SMILES string of the molecule is CNCC1(CN2CCC(O)C2)CCCCC1. The average molecular weight is 226 g/mol. The third-order valence-electron chi connectivity index (χ3n) is 4.27. The number of nitrogens with one attached hydrogen (secondary N) is 1. The molecule has 1 aliphatic carbocycles. The number of rotatable bonds is 4. The van der Waals surface area contributed by atoms with Crippen LogP contribution >= 0.6 is 0 Å². The van der Waals surface area contributed by atoms with Gasteiger partial charge in [-0.25, -0.2) is 0 Å². The zero-order valence-corrected chi connectivity index (χ0v) is 10.5. The topological polar surface area (TPSA) is 35.5 Å². The van der Waals surface area contributed by atoms with Crippen LogP contribution in [0.3, 0.4) is 0 Å². The van der Waals surface area contributed by atoms with E-state index in [9.17, 15) is 5.11 Å². The van der Waals surface area contributed by atoms with Gasteiger partial charge in [-0.15, -0.1) is 0 Å². The molecule has 0 aromatic rings. The second kappa shape index (κ2) is 5.48. The standard InChI is InChI=1S/C13H26N2O/c1-14-10-13(6-3-2-4-7-13)11-15-8-5-12(16)9-15/h12,14,16H,2-11H2,1H3. The average Bonchev–Trinajstić information content (AvgIpc) is 2.65. The molecule has 1 unspecified atom stereocenters. The number of aliphatic hydroxyl groups excluding tert-OH is 1. The van der Waals surface area contributed by atoms with Crippen molar-refractivity contribution in [2.45, 2.75) is 44.6 Å². The first-order chi connectivity index (χ1) is 7.74. The number of aliphatic hydroxyl groups is 1. The monoisotopic (exact) mass is 226 g/mol. The van der Waals surface area contributed by atoms with Gasteiger partial charge in [-0.05, 0) is 31.7 Å². The summed E-state index contributed by atoms with van der Waals surface area (Å²) in [5, 5.41) is 13.0. The first-order valence-electron chi connectivity index (χ1n) is 6.79. The van der Waals surface area contributed by atoms with Crippen LogP contribution in [-0.4, -0.2) is 49.3 Å². The summed E-state index contributed by atoms with van der Waals surface area (Å²) in [5.41, 5.74) is 0.483. The summed E-state index contributed by atoms with van der Waals surface area (Å²) in [6.45, 7) is 4.31. The van der Waals surface area contributed by atoms with E-state index in [-0.39, 0.29) is 6.10 Å². The molecule has 2 rings (SSSR count). The first kappa shape index (κ1) is 12.3. The van der Waals surface area contributed by atoms with Crippen molar-refractivity contribution in [3.63, 3.8) is 0 Å². The maximum Gasteiger partial charge on any atom is 0.0679 e. The Morgan fingerprint density at radius 2 is 2.06 bits per heavy atom. The normalized spacial score (nSPS) is 30.8. The van der Waals surface area contributed by atoms with Crippen LogP contribution in [0.2, 0.25) is 0 Å². The fraction of sp³-hybridized carbons (Fsp3) is 1.00. The van der Waals surface area contributed by atoms with Crippen molar-refractivity contribution in [1.82, 2.24) is 10.2 Å². The quantitative estimate of drug-likeness (QED) is 0.756. The number of β-amino-alcohol motifs (C(OH)–C–C–N with tert-alkyl or cyclic N) is 1. The summed E-state index contributed by atoms with van der Waals surface area (Å²) in [7, 11) is 2.06. The minimum atomic E-state index is -0.0739. The highest BCUT2D eigenvalue weighted by atomic mass is 16.3. The maximum absolute atomic E-state index is 9.59. The molecule has 3 heteroatoms. The van der Waals surface area contributed by atoms with Crippen LogP contribution in [0.4, 0.5) is 0 Å². The molecule has 0 aromatic carbocycles. The molecule has 2 N–H and O–H groups in total. The van der Waals surface area contributed by atoms with Crippen molar-refractivity contribution in [2.75, 3.05) is 33.2 Å². The van der Waals surface area contributed by atoms with E-state index in [1.54, 1.807) is 0 Å². The van der Waals surface area contributed by atoms with Gasteiger partial charge in [0.15, 0.2) is 0 Å². The lowest BCUT2D eigenvalue weighted by molar-refractivity contribution is 0.105. The van der Waals surface area contributed by atoms with Gasteiger partial charge in [0.1, 0.15) is 0 Å². The van der Waals surface area contributed by atoms with Crippen molar-refractivity contribution in [3.05, 3.63) is 0 Å². The highest BCUT2D eigenvalue weighted by Gasteiger charge is 2.35. The van der Waals surface area contributed by atoms with E-state index in [0.29, 0.717) is 5.41 Å². The van der Waals surface area contributed by atoms with Crippen molar-refractivity contribution < 1.29 is 5.11 Å². The molecule has 94 valence electrons. The zero-order valence-electron chi connectivity index (χ0n) is 10.5. The minimum absolute atomic E-state index is 0.0739. The Hall–Kier alpha value is -0.120. The molecule has 1 saturated carbocycles. The molecule has 2 fully saturated rings. The van der Waals surface area contributed by atoms with Gasteiger partial charge in [0.2, 0.25) is 0 Å². The van der Waals surface area contributed by atoms with E-state index >= 15 is 0 Å². The summed E-state index contributed by atoms with van der Waals surface area (Å²) in [6.07, 6.45) is 7.80.